The highest BCUT2D eigenvalue weighted by Crippen LogP contribution is 2.22. The Morgan fingerprint density at radius 1 is 1.38 bits per heavy atom. The summed E-state index contributed by atoms with van der Waals surface area (Å²) in [6.45, 7) is 4.53. The highest BCUT2D eigenvalue weighted by atomic mass is 35.5. The van der Waals surface area contributed by atoms with Crippen LogP contribution in [0.25, 0.3) is 0 Å². The van der Waals surface area contributed by atoms with Crippen molar-refractivity contribution in [1.29, 1.82) is 0 Å². The van der Waals surface area contributed by atoms with Crippen LogP contribution in [0.2, 0.25) is 5.15 Å². The van der Waals surface area contributed by atoms with E-state index in [-0.39, 0.29) is 18.4 Å². The van der Waals surface area contributed by atoms with Crippen molar-refractivity contribution in [2.24, 2.45) is 7.05 Å². The number of halogens is 1. The molecule has 1 atom stereocenters. The maximum absolute atomic E-state index is 11.9. The monoisotopic (exact) mass is 311 g/mol. The summed E-state index contributed by atoms with van der Waals surface area (Å²) >= 11 is 6.25. The molecule has 0 bridgehead atoms. The van der Waals surface area contributed by atoms with Gasteiger partial charge < -0.3 is 10.2 Å². The number of hydrogen-bond acceptors (Lipinski definition) is 4. The number of carbonyl (C=O) groups excluding carboxylic acids is 2. The molecule has 1 N–H and O–H groups in total. The molecule has 1 aromatic rings. The van der Waals surface area contributed by atoms with Gasteiger partial charge in [0.15, 0.2) is 0 Å². The summed E-state index contributed by atoms with van der Waals surface area (Å²) in [5, 5.41) is 7.57. The standard InChI is InChI=1S/C13H18ClN5O2/c1-8-9(12(14)17(2)16-8)6-18-3-4-19-10(7-18)13(21)15-5-11(19)20/h10H,3-7H2,1-2H3,(H,15,21)/t10-/m1/s1. The predicted octanol–water partition coefficient (Wildman–Crippen LogP) is -0.475. The van der Waals surface area contributed by atoms with Crippen molar-refractivity contribution in [2.45, 2.75) is 19.5 Å². The van der Waals surface area contributed by atoms with Gasteiger partial charge in [0, 0.05) is 38.8 Å². The molecule has 7 nitrogen and oxygen atoms in total. The van der Waals surface area contributed by atoms with Gasteiger partial charge >= 0.3 is 0 Å². The quantitative estimate of drug-likeness (QED) is 0.801. The molecule has 0 radical (unpaired) electrons. The topological polar surface area (TPSA) is 70.5 Å². The molecule has 2 saturated heterocycles. The zero-order valence-electron chi connectivity index (χ0n) is 12.1. The van der Waals surface area contributed by atoms with Crippen LogP contribution in [0, 0.1) is 6.92 Å². The van der Waals surface area contributed by atoms with Crippen LogP contribution >= 0.6 is 11.6 Å². The summed E-state index contributed by atoms with van der Waals surface area (Å²) in [6, 6.07) is -0.393. The van der Waals surface area contributed by atoms with E-state index in [9.17, 15) is 9.59 Å². The van der Waals surface area contributed by atoms with Gasteiger partial charge in [-0.15, -0.1) is 0 Å². The number of fused-ring (bicyclic) bond motifs is 1. The summed E-state index contributed by atoms with van der Waals surface area (Å²) in [6.07, 6.45) is 0. The van der Waals surface area contributed by atoms with E-state index in [4.69, 9.17) is 11.6 Å². The maximum Gasteiger partial charge on any atom is 0.244 e. The zero-order chi connectivity index (χ0) is 15.1. The minimum atomic E-state index is -0.393. The number of hydrogen-bond donors (Lipinski definition) is 1. The predicted molar refractivity (Wildman–Crippen MR) is 76.7 cm³/mol. The molecular weight excluding hydrogens is 294 g/mol. The van der Waals surface area contributed by atoms with Crippen LogP contribution in [-0.2, 0) is 23.2 Å². The molecule has 21 heavy (non-hydrogen) atoms. The summed E-state index contributed by atoms with van der Waals surface area (Å²) in [5.74, 6) is -0.0804. The van der Waals surface area contributed by atoms with Crippen LogP contribution in [-0.4, -0.2) is 63.6 Å². The molecular formula is C13H18ClN5O2. The molecule has 2 fully saturated rings. The van der Waals surface area contributed by atoms with Crippen molar-refractivity contribution >= 4 is 23.4 Å². The van der Waals surface area contributed by atoms with Crippen LogP contribution in [0.1, 0.15) is 11.3 Å². The lowest BCUT2D eigenvalue weighted by molar-refractivity contribution is -0.149. The third-order valence-corrected chi connectivity index (χ3v) is 4.63. The Kier molecular flexibility index (Phi) is 3.62. The number of rotatable bonds is 2. The lowest BCUT2D eigenvalue weighted by atomic mass is 10.1. The van der Waals surface area contributed by atoms with Crippen molar-refractivity contribution in [3.8, 4) is 0 Å². The van der Waals surface area contributed by atoms with E-state index < -0.39 is 6.04 Å². The Morgan fingerprint density at radius 2 is 2.14 bits per heavy atom. The van der Waals surface area contributed by atoms with E-state index >= 15 is 0 Å². The molecule has 3 heterocycles. The number of aryl methyl sites for hydroxylation is 2. The first kappa shape index (κ1) is 14.3. The van der Waals surface area contributed by atoms with Gasteiger partial charge in [0.05, 0.1) is 12.2 Å². The molecule has 2 aliphatic heterocycles. The van der Waals surface area contributed by atoms with E-state index in [0.29, 0.717) is 24.8 Å². The average molecular weight is 312 g/mol. The fourth-order valence-electron chi connectivity index (χ4n) is 2.97. The van der Waals surface area contributed by atoms with Crippen LogP contribution in [0.5, 0.6) is 0 Å². The number of aromatic nitrogens is 2. The van der Waals surface area contributed by atoms with E-state index in [2.05, 4.69) is 15.3 Å². The Hall–Kier alpha value is -1.60. The normalized spacial score (nSPS) is 23.2. The lowest BCUT2D eigenvalue weighted by Gasteiger charge is -2.42. The number of piperazine rings is 2. The summed E-state index contributed by atoms with van der Waals surface area (Å²) < 4.78 is 1.65. The summed E-state index contributed by atoms with van der Waals surface area (Å²) in [7, 11) is 1.81. The molecule has 114 valence electrons. The number of nitrogens with zero attached hydrogens (tertiary/aromatic N) is 4. The fourth-order valence-corrected chi connectivity index (χ4v) is 3.20. The highest BCUT2D eigenvalue weighted by molar-refractivity contribution is 6.30. The Balaban J connectivity index is 1.74. The van der Waals surface area contributed by atoms with Gasteiger partial charge in [-0.2, -0.15) is 5.10 Å². The Labute approximate surface area is 127 Å². The van der Waals surface area contributed by atoms with Gasteiger partial charge in [-0.05, 0) is 6.92 Å². The Morgan fingerprint density at radius 3 is 2.81 bits per heavy atom. The third kappa shape index (κ3) is 2.51. The lowest BCUT2D eigenvalue weighted by Crippen LogP contribution is -2.65. The summed E-state index contributed by atoms with van der Waals surface area (Å²) in [5.41, 5.74) is 1.88. The van der Waals surface area contributed by atoms with E-state index in [1.54, 1.807) is 9.58 Å². The first-order chi connectivity index (χ1) is 9.97. The van der Waals surface area contributed by atoms with Gasteiger partial charge in [0.2, 0.25) is 11.8 Å². The second-order valence-electron chi connectivity index (χ2n) is 5.53. The van der Waals surface area contributed by atoms with E-state index in [1.165, 1.54) is 0 Å². The second kappa shape index (κ2) is 5.31. The minimum absolute atomic E-state index is 0.00478. The van der Waals surface area contributed by atoms with Gasteiger partial charge in [-0.25, -0.2) is 0 Å². The molecule has 0 unspecified atom stereocenters. The molecule has 2 amide bonds. The number of amides is 2. The number of nitrogens with one attached hydrogen (secondary N) is 1. The van der Waals surface area contributed by atoms with Gasteiger partial charge in [-0.1, -0.05) is 11.6 Å². The van der Waals surface area contributed by atoms with Gasteiger partial charge in [-0.3, -0.25) is 19.2 Å². The van der Waals surface area contributed by atoms with Crippen LogP contribution < -0.4 is 5.32 Å². The van der Waals surface area contributed by atoms with Crippen molar-refractivity contribution in [3.63, 3.8) is 0 Å². The molecule has 0 aromatic carbocycles. The van der Waals surface area contributed by atoms with Crippen molar-refractivity contribution in [2.75, 3.05) is 26.2 Å². The fraction of sp³-hybridized carbons (Fsp3) is 0.615. The molecule has 1 aromatic heterocycles. The molecule has 0 saturated carbocycles. The van der Waals surface area contributed by atoms with Crippen molar-refractivity contribution in [1.82, 2.24) is 24.9 Å². The summed E-state index contributed by atoms with van der Waals surface area (Å²) in [4.78, 5) is 27.6. The van der Waals surface area contributed by atoms with Crippen LogP contribution in [0.15, 0.2) is 0 Å². The molecule has 0 spiro atoms. The first-order valence-corrected chi connectivity index (χ1v) is 7.32. The highest BCUT2D eigenvalue weighted by Gasteiger charge is 2.38. The second-order valence-corrected chi connectivity index (χ2v) is 5.89. The van der Waals surface area contributed by atoms with Crippen molar-refractivity contribution < 1.29 is 9.59 Å². The molecule has 2 aliphatic rings. The maximum atomic E-state index is 11.9. The van der Waals surface area contributed by atoms with E-state index in [0.717, 1.165) is 17.8 Å². The first-order valence-electron chi connectivity index (χ1n) is 6.95. The van der Waals surface area contributed by atoms with Crippen molar-refractivity contribution in [3.05, 3.63) is 16.4 Å². The minimum Gasteiger partial charge on any atom is -0.345 e. The Bertz CT molecular complexity index is 600. The largest absolute Gasteiger partial charge is 0.345 e. The average Bonchev–Trinajstić information content (AvgIpc) is 2.70. The van der Waals surface area contributed by atoms with Gasteiger partial charge in [0.25, 0.3) is 0 Å². The SMILES string of the molecule is Cc1nn(C)c(Cl)c1CN1CCN2C(=O)CNC(=O)[C@H]2C1. The zero-order valence-corrected chi connectivity index (χ0v) is 12.9. The van der Waals surface area contributed by atoms with E-state index in [1.807, 2.05) is 14.0 Å². The number of carbonyl (C=O) groups is 2. The van der Waals surface area contributed by atoms with Crippen LogP contribution in [0.4, 0.5) is 0 Å². The smallest absolute Gasteiger partial charge is 0.244 e. The molecule has 3 rings (SSSR count). The van der Waals surface area contributed by atoms with Gasteiger partial charge in [0.1, 0.15) is 11.2 Å². The molecule has 0 aliphatic carbocycles. The third-order valence-electron chi connectivity index (χ3n) is 4.15. The molecule has 8 heteroatoms. The van der Waals surface area contributed by atoms with Crippen LogP contribution in [0.3, 0.4) is 0 Å².